The zero-order chi connectivity index (χ0) is 30.0. The van der Waals surface area contributed by atoms with Crippen molar-refractivity contribution in [3.05, 3.63) is 98.7 Å². The van der Waals surface area contributed by atoms with Gasteiger partial charge in [0.05, 0.1) is 13.1 Å². The van der Waals surface area contributed by atoms with Crippen LogP contribution in [0, 0.1) is 32.9 Å². The highest BCUT2D eigenvalue weighted by Gasteiger charge is 2.28. The van der Waals surface area contributed by atoms with Gasteiger partial charge in [0.15, 0.2) is 5.69 Å². The number of phenols is 1. The van der Waals surface area contributed by atoms with Gasteiger partial charge in [-0.15, -0.1) is 0 Å². The maximum absolute atomic E-state index is 10.8. The van der Waals surface area contributed by atoms with Crippen LogP contribution in [-0.4, -0.2) is 5.11 Å². The molecule has 0 aliphatic heterocycles. The number of rotatable bonds is 7. The molecular formula is C36H44N2O2. The second-order valence-corrected chi connectivity index (χ2v) is 13.4. The van der Waals surface area contributed by atoms with Gasteiger partial charge in [-0.1, -0.05) is 86.1 Å². The van der Waals surface area contributed by atoms with Crippen molar-refractivity contribution < 1.29 is 9.84 Å². The lowest BCUT2D eigenvalue weighted by molar-refractivity contribution is 0.444. The fourth-order valence-corrected chi connectivity index (χ4v) is 5.32. The SMILES string of the molecule is [C-]#[N+]c1cccc(Oc2cc(C)c(C(CCC(C)C)c3cc(C(C)(C)C)c(O)cc3C)cc2C(C)(C)C)c1[N+]#[C-]. The number of aromatic hydroxyl groups is 1. The van der Waals surface area contributed by atoms with E-state index in [0.717, 1.165) is 35.1 Å². The number of ether oxygens (including phenoxy) is 1. The largest absolute Gasteiger partial charge is 0.508 e. The molecule has 40 heavy (non-hydrogen) atoms. The third-order valence-electron chi connectivity index (χ3n) is 7.58. The van der Waals surface area contributed by atoms with Crippen molar-refractivity contribution >= 4 is 11.4 Å². The second kappa shape index (κ2) is 11.8. The summed E-state index contributed by atoms with van der Waals surface area (Å²) in [5.74, 6) is 2.18. The predicted octanol–water partition coefficient (Wildman–Crippen LogP) is 11.1. The Morgan fingerprint density at radius 1 is 0.775 bits per heavy atom. The zero-order valence-electron chi connectivity index (χ0n) is 25.9. The smallest absolute Gasteiger partial charge is 0.236 e. The van der Waals surface area contributed by atoms with Crippen LogP contribution in [0.2, 0.25) is 0 Å². The molecule has 0 saturated heterocycles. The number of phenolic OH excluding ortho intramolecular Hbond substituents is 1. The fourth-order valence-electron chi connectivity index (χ4n) is 5.32. The quantitative estimate of drug-likeness (QED) is 0.305. The highest BCUT2D eigenvalue weighted by Crippen LogP contribution is 2.46. The van der Waals surface area contributed by atoms with E-state index in [-0.39, 0.29) is 22.4 Å². The van der Waals surface area contributed by atoms with Gasteiger partial charge in [-0.25, -0.2) is 9.69 Å². The van der Waals surface area contributed by atoms with Crippen LogP contribution >= 0.6 is 0 Å². The van der Waals surface area contributed by atoms with Crippen LogP contribution in [0.1, 0.15) is 108 Å². The predicted molar refractivity (Wildman–Crippen MR) is 166 cm³/mol. The Labute approximate surface area is 241 Å². The van der Waals surface area contributed by atoms with Gasteiger partial charge >= 0.3 is 0 Å². The monoisotopic (exact) mass is 536 g/mol. The Morgan fingerprint density at radius 2 is 1.35 bits per heavy atom. The number of hydrogen-bond acceptors (Lipinski definition) is 2. The summed E-state index contributed by atoms with van der Waals surface area (Å²) in [6.07, 6.45) is 2.07. The lowest BCUT2D eigenvalue weighted by Crippen LogP contribution is -2.17. The molecule has 1 atom stereocenters. The average Bonchev–Trinajstić information content (AvgIpc) is 2.84. The zero-order valence-corrected chi connectivity index (χ0v) is 25.9. The summed E-state index contributed by atoms with van der Waals surface area (Å²) in [4.78, 5) is 7.13. The first-order chi connectivity index (χ1) is 18.6. The average molecular weight is 537 g/mol. The van der Waals surface area contributed by atoms with E-state index < -0.39 is 0 Å². The minimum Gasteiger partial charge on any atom is -0.508 e. The normalized spacial score (nSPS) is 12.6. The molecule has 0 saturated carbocycles. The summed E-state index contributed by atoms with van der Waals surface area (Å²) in [5.41, 5.74) is 6.86. The van der Waals surface area contributed by atoms with Crippen LogP contribution < -0.4 is 4.74 Å². The van der Waals surface area contributed by atoms with Crippen molar-refractivity contribution in [2.24, 2.45) is 5.92 Å². The van der Waals surface area contributed by atoms with Crippen LogP contribution in [0.5, 0.6) is 17.2 Å². The molecule has 3 rings (SSSR count). The fraction of sp³-hybridized carbons (Fsp3) is 0.444. The molecule has 0 aromatic heterocycles. The standard InChI is InChI=1S/C36H44N2O2/c1-22(2)16-17-25(26-20-28(35(5,6)7)31(39)18-23(26)3)27-21-29(36(8,9)10)33(19-24(27)4)40-32-15-13-14-30(37-11)34(32)38-12/h13-15,18-22,25,39H,16-17H2,1-10H3. The molecule has 0 spiro atoms. The van der Waals surface area contributed by atoms with Gasteiger partial charge in [0, 0.05) is 11.5 Å². The van der Waals surface area contributed by atoms with E-state index in [1.54, 1.807) is 18.2 Å². The summed E-state index contributed by atoms with van der Waals surface area (Å²) in [7, 11) is 0. The van der Waals surface area contributed by atoms with E-state index in [1.807, 2.05) is 6.07 Å². The Morgan fingerprint density at radius 3 is 1.88 bits per heavy atom. The number of aryl methyl sites for hydroxylation is 2. The molecule has 0 fully saturated rings. The first-order valence-corrected chi connectivity index (χ1v) is 14.1. The van der Waals surface area contributed by atoms with E-state index >= 15 is 0 Å². The topological polar surface area (TPSA) is 38.2 Å². The molecule has 210 valence electrons. The lowest BCUT2D eigenvalue weighted by Gasteiger charge is -2.30. The number of para-hydroxylation sites is 1. The van der Waals surface area contributed by atoms with Gasteiger partial charge in [-0.2, -0.15) is 0 Å². The van der Waals surface area contributed by atoms with Crippen LogP contribution in [0.25, 0.3) is 9.69 Å². The molecule has 0 radical (unpaired) electrons. The molecule has 0 bridgehead atoms. The third kappa shape index (κ3) is 6.68. The maximum atomic E-state index is 10.8. The Kier molecular flexibility index (Phi) is 9.06. The number of nitrogens with zero attached hydrogens (tertiary/aromatic N) is 2. The van der Waals surface area contributed by atoms with E-state index in [2.05, 4.69) is 97.1 Å². The Balaban J connectivity index is 2.26. The third-order valence-corrected chi connectivity index (χ3v) is 7.58. The van der Waals surface area contributed by atoms with Crippen LogP contribution in [0.4, 0.5) is 11.4 Å². The van der Waals surface area contributed by atoms with Gasteiger partial charge < -0.3 is 9.84 Å². The molecule has 4 heteroatoms. The van der Waals surface area contributed by atoms with Crippen molar-refractivity contribution in [3.8, 4) is 17.2 Å². The highest BCUT2D eigenvalue weighted by molar-refractivity contribution is 5.77. The molecule has 0 aliphatic carbocycles. The minimum absolute atomic E-state index is 0.156. The second-order valence-electron chi connectivity index (χ2n) is 13.4. The molecular weight excluding hydrogens is 492 g/mol. The number of benzene rings is 3. The van der Waals surface area contributed by atoms with Gasteiger partial charge in [-0.05, 0) is 83.0 Å². The molecule has 0 heterocycles. The maximum Gasteiger partial charge on any atom is 0.236 e. The van der Waals surface area contributed by atoms with E-state index in [4.69, 9.17) is 17.9 Å². The van der Waals surface area contributed by atoms with E-state index in [1.165, 1.54) is 11.1 Å². The summed E-state index contributed by atoms with van der Waals surface area (Å²) in [5, 5.41) is 10.8. The summed E-state index contributed by atoms with van der Waals surface area (Å²) < 4.78 is 6.43. The molecule has 0 amide bonds. The van der Waals surface area contributed by atoms with Gasteiger partial charge in [0.25, 0.3) is 0 Å². The van der Waals surface area contributed by atoms with Crippen molar-refractivity contribution in [1.82, 2.24) is 0 Å². The molecule has 1 N–H and O–H groups in total. The Bertz CT molecular complexity index is 1470. The van der Waals surface area contributed by atoms with Crippen LogP contribution in [0.3, 0.4) is 0 Å². The van der Waals surface area contributed by atoms with Crippen molar-refractivity contribution in [2.45, 2.75) is 98.8 Å². The summed E-state index contributed by atoms with van der Waals surface area (Å²) in [6, 6.07) is 13.7. The van der Waals surface area contributed by atoms with Crippen LogP contribution in [-0.2, 0) is 10.8 Å². The molecule has 3 aromatic carbocycles. The Hall–Kier alpha value is -3.76. The molecule has 1 unspecified atom stereocenters. The van der Waals surface area contributed by atoms with Crippen LogP contribution in [0.15, 0.2) is 42.5 Å². The number of hydrogen-bond donors (Lipinski definition) is 1. The molecule has 4 nitrogen and oxygen atoms in total. The molecule has 3 aromatic rings. The van der Waals surface area contributed by atoms with Gasteiger partial charge in [0.1, 0.15) is 17.2 Å². The van der Waals surface area contributed by atoms with Gasteiger partial charge in [0.2, 0.25) is 5.69 Å². The minimum atomic E-state index is -0.226. The van der Waals surface area contributed by atoms with Gasteiger partial charge in [-0.3, -0.25) is 0 Å². The first-order valence-electron chi connectivity index (χ1n) is 14.1. The summed E-state index contributed by atoms with van der Waals surface area (Å²) >= 11 is 0. The molecule has 0 aliphatic rings. The van der Waals surface area contributed by atoms with Crippen molar-refractivity contribution in [3.63, 3.8) is 0 Å². The summed E-state index contributed by atoms with van der Waals surface area (Å²) in [6.45, 7) is 36.8. The van der Waals surface area contributed by atoms with Crippen molar-refractivity contribution in [1.29, 1.82) is 0 Å². The first kappa shape index (κ1) is 30.8. The van der Waals surface area contributed by atoms with Crippen molar-refractivity contribution in [2.75, 3.05) is 0 Å². The highest BCUT2D eigenvalue weighted by atomic mass is 16.5. The van der Waals surface area contributed by atoms with E-state index in [0.29, 0.717) is 28.9 Å². The van der Waals surface area contributed by atoms with E-state index in [9.17, 15) is 5.11 Å². The lowest BCUT2D eigenvalue weighted by atomic mass is 9.76.